The Morgan fingerprint density at radius 1 is 1.43 bits per heavy atom. The van der Waals surface area contributed by atoms with E-state index in [9.17, 15) is 0 Å². The summed E-state index contributed by atoms with van der Waals surface area (Å²) in [7, 11) is 0. The number of rotatable bonds is 2. The molecule has 0 saturated heterocycles. The minimum absolute atomic E-state index is 0.346. The Morgan fingerprint density at radius 2 is 2.29 bits per heavy atom. The first-order valence-electron chi connectivity index (χ1n) is 4.89. The Labute approximate surface area is 96.0 Å². The SMILES string of the molecule is CC1CCCC(Oc2nnc(Br)s2)C1. The highest BCUT2D eigenvalue weighted by Gasteiger charge is 2.21. The van der Waals surface area contributed by atoms with Crippen LogP contribution in [0.5, 0.6) is 5.19 Å². The van der Waals surface area contributed by atoms with Crippen LogP contribution >= 0.6 is 27.3 Å². The molecule has 78 valence electrons. The van der Waals surface area contributed by atoms with E-state index in [1.165, 1.54) is 24.2 Å². The molecular weight excluding hydrogens is 264 g/mol. The monoisotopic (exact) mass is 276 g/mol. The van der Waals surface area contributed by atoms with E-state index in [4.69, 9.17) is 4.74 Å². The Morgan fingerprint density at radius 3 is 2.93 bits per heavy atom. The van der Waals surface area contributed by atoms with Gasteiger partial charge >= 0.3 is 0 Å². The number of ether oxygens (including phenoxy) is 1. The zero-order chi connectivity index (χ0) is 9.97. The van der Waals surface area contributed by atoms with Crippen LogP contribution in [0, 0.1) is 5.92 Å². The molecule has 2 unspecified atom stereocenters. The number of hydrogen-bond donors (Lipinski definition) is 0. The molecule has 1 aliphatic rings. The van der Waals surface area contributed by atoms with Crippen LogP contribution in [0.1, 0.15) is 32.6 Å². The van der Waals surface area contributed by atoms with Crippen molar-refractivity contribution in [3.05, 3.63) is 3.92 Å². The highest BCUT2D eigenvalue weighted by molar-refractivity contribution is 9.11. The van der Waals surface area contributed by atoms with Crippen LogP contribution in [-0.4, -0.2) is 16.3 Å². The van der Waals surface area contributed by atoms with Crippen LogP contribution in [0.3, 0.4) is 0 Å². The first kappa shape index (κ1) is 10.4. The van der Waals surface area contributed by atoms with Gasteiger partial charge in [0.25, 0.3) is 5.19 Å². The van der Waals surface area contributed by atoms with Gasteiger partial charge in [0.1, 0.15) is 6.10 Å². The van der Waals surface area contributed by atoms with E-state index in [0.717, 1.165) is 22.7 Å². The third kappa shape index (κ3) is 2.67. The lowest BCUT2D eigenvalue weighted by Gasteiger charge is -2.25. The van der Waals surface area contributed by atoms with Crippen molar-refractivity contribution in [2.45, 2.75) is 38.7 Å². The van der Waals surface area contributed by atoms with E-state index in [-0.39, 0.29) is 0 Å². The average molecular weight is 277 g/mol. The fourth-order valence-corrected chi connectivity index (χ4v) is 2.86. The normalized spacial score (nSPS) is 27.6. The van der Waals surface area contributed by atoms with Crippen molar-refractivity contribution in [3.63, 3.8) is 0 Å². The fraction of sp³-hybridized carbons (Fsp3) is 0.778. The first-order valence-corrected chi connectivity index (χ1v) is 6.50. The molecular formula is C9H13BrN2OS. The number of nitrogens with zero attached hydrogens (tertiary/aromatic N) is 2. The summed E-state index contributed by atoms with van der Waals surface area (Å²) in [4.78, 5) is 0. The second kappa shape index (κ2) is 4.57. The minimum atomic E-state index is 0.346. The topological polar surface area (TPSA) is 35.0 Å². The van der Waals surface area contributed by atoms with Gasteiger partial charge in [-0.1, -0.05) is 18.4 Å². The molecule has 1 aromatic heterocycles. The summed E-state index contributed by atoms with van der Waals surface area (Å²) >= 11 is 4.73. The van der Waals surface area contributed by atoms with Gasteiger partial charge in [0.15, 0.2) is 3.92 Å². The van der Waals surface area contributed by atoms with E-state index in [2.05, 4.69) is 33.1 Å². The van der Waals surface area contributed by atoms with Gasteiger partial charge in [-0.3, -0.25) is 0 Å². The lowest BCUT2D eigenvalue weighted by Crippen LogP contribution is -2.23. The first-order chi connectivity index (χ1) is 6.74. The molecule has 0 bridgehead atoms. The molecule has 1 heterocycles. The van der Waals surface area contributed by atoms with Gasteiger partial charge in [0.05, 0.1) is 0 Å². The van der Waals surface area contributed by atoms with Crippen LogP contribution in [0.25, 0.3) is 0 Å². The lowest BCUT2D eigenvalue weighted by molar-refractivity contribution is 0.128. The van der Waals surface area contributed by atoms with Gasteiger partial charge in [-0.05, 0) is 52.4 Å². The van der Waals surface area contributed by atoms with Crippen molar-refractivity contribution >= 4 is 27.3 Å². The quantitative estimate of drug-likeness (QED) is 0.832. The molecule has 5 heteroatoms. The van der Waals surface area contributed by atoms with E-state index >= 15 is 0 Å². The molecule has 0 aromatic carbocycles. The molecule has 1 saturated carbocycles. The Balaban J connectivity index is 1.90. The van der Waals surface area contributed by atoms with Crippen molar-refractivity contribution < 1.29 is 4.74 Å². The summed E-state index contributed by atoms with van der Waals surface area (Å²) in [5.41, 5.74) is 0. The number of aromatic nitrogens is 2. The molecule has 1 aliphatic carbocycles. The lowest BCUT2D eigenvalue weighted by atomic mass is 9.89. The van der Waals surface area contributed by atoms with Crippen molar-refractivity contribution in [1.29, 1.82) is 0 Å². The van der Waals surface area contributed by atoms with E-state index in [1.807, 2.05) is 0 Å². The van der Waals surface area contributed by atoms with Crippen LogP contribution in [0.4, 0.5) is 0 Å². The maximum Gasteiger partial charge on any atom is 0.295 e. The van der Waals surface area contributed by atoms with E-state index in [1.54, 1.807) is 0 Å². The zero-order valence-corrected chi connectivity index (χ0v) is 10.5. The van der Waals surface area contributed by atoms with Gasteiger partial charge < -0.3 is 4.74 Å². The van der Waals surface area contributed by atoms with Crippen molar-refractivity contribution in [2.75, 3.05) is 0 Å². The molecule has 0 aliphatic heterocycles. The highest BCUT2D eigenvalue weighted by atomic mass is 79.9. The summed E-state index contributed by atoms with van der Waals surface area (Å²) in [6.45, 7) is 2.28. The van der Waals surface area contributed by atoms with Gasteiger partial charge in [-0.2, -0.15) is 0 Å². The smallest absolute Gasteiger partial charge is 0.295 e. The maximum atomic E-state index is 5.76. The second-order valence-corrected chi connectivity index (χ2v) is 6.05. The van der Waals surface area contributed by atoms with E-state index < -0.39 is 0 Å². The van der Waals surface area contributed by atoms with Gasteiger partial charge in [0, 0.05) is 0 Å². The summed E-state index contributed by atoms with van der Waals surface area (Å²) in [5, 5.41) is 8.49. The Bertz CT molecular complexity index is 305. The summed E-state index contributed by atoms with van der Waals surface area (Å²) in [5.74, 6) is 0.783. The predicted octanol–water partition coefficient (Wildman–Crippen LogP) is 3.26. The molecule has 0 N–H and O–H groups in total. The van der Waals surface area contributed by atoms with Gasteiger partial charge in [-0.25, -0.2) is 0 Å². The Hall–Kier alpha value is -0.160. The standard InChI is InChI=1S/C9H13BrN2OS/c1-6-3-2-4-7(5-6)13-9-12-11-8(10)14-9/h6-7H,2-5H2,1H3. The third-order valence-electron chi connectivity index (χ3n) is 2.54. The molecule has 14 heavy (non-hydrogen) atoms. The van der Waals surface area contributed by atoms with Crippen LogP contribution in [0.15, 0.2) is 3.92 Å². The minimum Gasteiger partial charge on any atom is -0.466 e. The number of hydrogen-bond acceptors (Lipinski definition) is 4. The third-order valence-corrected chi connectivity index (χ3v) is 3.78. The van der Waals surface area contributed by atoms with E-state index in [0.29, 0.717) is 11.3 Å². The molecule has 1 aromatic rings. The number of halogens is 1. The van der Waals surface area contributed by atoms with Crippen molar-refractivity contribution in [3.8, 4) is 5.19 Å². The van der Waals surface area contributed by atoms with Gasteiger partial charge in [-0.15, -0.1) is 5.10 Å². The van der Waals surface area contributed by atoms with Crippen LogP contribution < -0.4 is 4.74 Å². The Kier molecular flexibility index (Phi) is 3.38. The summed E-state index contributed by atoms with van der Waals surface area (Å²) < 4.78 is 6.55. The largest absolute Gasteiger partial charge is 0.466 e. The predicted molar refractivity (Wildman–Crippen MR) is 59.7 cm³/mol. The summed E-state index contributed by atoms with van der Waals surface area (Å²) in [6, 6.07) is 0. The van der Waals surface area contributed by atoms with Crippen LogP contribution in [-0.2, 0) is 0 Å². The van der Waals surface area contributed by atoms with Crippen LogP contribution in [0.2, 0.25) is 0 Å². The molecule has 0 amide bonds. The molecule has 0 spiro atoms. The molecule has 1 fully saturated rings. The molecule has 2 rings (SSSR count). The average Bonchev–Trinajstić information content (AvgIpc) is 2.51. The second-order valence-electron chi connectivity index (χ2n) is 3.83. The molecule has 0 radical (unpaired) electrons. The molecule has 3 nitrogen and oxygen atoms in total. The summed E-state index contributed by atoms with van der Waals surface area (Å²) in [6.07, 6.45) is 5.25. The maximum absolute atomic E-state index is 5.76. The van der Waals surface area contributed by atoms with Gasteiger partial charge in [0.2, 0.25) is 0 Å². The molecule has 2 atom stereocenters. The van der Waals surface area contributed by atoms with Crippen molar-refractivity contribution in [2.24, 2.45) is 5.92 Å². The highest BCUT2D eigenvalue weighted by Crippen LogP contribution is 2.29. The fourth-order valence-electron chi connectivity index (χ4n) is 1.87. The van der Waals surface area contributed by atoms with Crippen molar-refractivity contribution in [1.82, 2.24) is 10.2 Å². The zero-order valence-electron chi connectivity index (χ0n) is 8.07.